The first-order valence-electron chi connectivity index (χ1n) is 10.9. The maximum Gasteiger partial charge on any atom is 0.315 e. The van der Waals surface area contributed by atoms with Gasteiger partial charge in [-0.2, -0.15) is 0 Å². The minimum absolute atomic E-state index is 0.125. The van der Waals surface area contributed by atoms with E-state index in [-0.39, 0.29) is 12.1 Å². The summed E-state index contributed by atoms with van der Waals surface area (Å²) in [6, 6.07) is 12.1. The standard InChI is InChI=1S/C23H31N5O3/c1-30-21-6-4-20(5-7-21)27-11-8-19(9-12-27)26-23(29)25-17-18-3-2-10-24-22(18)28-13-15-31-16-14-28/h2-7,10,19H,8-9,11-17H2,1H3,(H2,25,26,29). The molecule has 2 amide bonds. The second-order valence-electron chi connectivity index (χ2n) is 7.87. The first-order chi connectivity index (χ1) is 15.2. The predicted octanol–water partition coefficient (Wildman–Crippen LogP) is 2.39. The van der Waals surface area contributed by atoms with Crippen LogP contribution in [0.5, 0.6) is 5.75 Å². The molecule has 0 unspecified atom stereocenters. The Morgan fingerprint density at radius 2 is 1.84 bits per heavy atom. The highest BCUT2D eigenvalue weighted by atomic mass is 16.5. The molecule has 0 bridgehead atoms. The molecule has 2 saturated heterocycles. The quantitative estimate of drug-likeness (QED) is 0.740. The molecule has 0 aliphatic carbocycles. The van der Waals surface area contributed by atoms with Crippen LogP contribution in [0, 0.1) is 0 Å². The fraction of sp³-hybridized carbons (Fsp3) is 0.478. The number of carbonyl (C=O) groups excluding carboxylic acids is 1. The van der Waals surface area contributed by atoms with Gasteiger partial charge in [0.1, 0.15) is 11.6 Å². The molecule has 0 saturated carbocycles. The summed E-state index contributed by atoms with van der Waals surface area (Å²) in [5, 5.41) is 6.13. The lowest BCUT2D eigenvalue weighted by Crippen LogP contribution is -2.48. The van der Waals surface area contributed by atoms with Gasteiger partial charge in [-0.05, 0) is 43.2 Å². The van der Waals surface area contributed by atoms with Crippen molar-refractivity contribution < 1.29 is 14.3 Å². The fourth-order valence-electron chi connectivity index (χ4n) is 4.12. The number of hydrogen-bond donors (Lipinski definition) is 2. The van der Waals surface area contributed by atoms with E-state index in [9.17, 15) is 4.79 Å². The van der Waals surface area contributed by atoms with Gasteiger partial charge in [-0.3, -0.25) is 0 Å². The van der Waals surface area contributed by atoms with E-state index in [1.54, 1.807) is 13.3 Å². The second kappa shape index (κ2) is 10.3. The number of ether oxygens (including phenoxy) is 2. The van der Waals surface area contributed by atoms with E-state index >= 15 is 0 Å². The van der Waals surface area contributed by atoms with Gasteiger partial charge in [0.2, 0.25) is 0 Å². The third-order valence-corrected chi connectivity index (χ3v) is 5.89. The monoisotopic (exact) mass is 425 g/mol. The number of urea groups is 1. The number of pyridine rings is 1. The van der Waals surface area contributed by atoms with Crippen LogP contribution in [0.3, 0.4) is 0 Å². The number of hydrogen-bond acceptors (Lipinski definition) is 6. The molecule has 2 aliphatic rings. The molecule has 166 valence electrons. The van der Waals surface area contributed by atoms with Crippen molar-refractivity contribution in [2.24, 2.45) is 0 Å². The van der Waals surface area contributed by atoms with Crippen LogP contribution in [-0.2, 0) is 11.3 Å². The SMILES string of the molecule is COc1ccc(N2CCC(NC(=O)NCc3cccnc3N3CCOCC3)CC2)cc1. The third kappa shape index (κ3) is 5.58. The maximum absolute atomic E-state index is 12.5. The van der Waals surface area contributed by atoms with E-state index in [4.69, 9.17) is 9.47 Å². The van der Waals surface area contributed by atoms with Crippen LogP contribution in [0.2, 0.25) is 0 Å². The first-order valence-corrected chi connectivity index (χ1v) is 10.9. The van der Waals surface area contributed by atoms with Gasteiger partial charge in [0.25, 0.3) is 0 Å². The molecule has 8 nitrogen and oxygen atoms in total. The van der Waals surface area contributed by atoms with Crippen molar-refractivity contribution in [2.45, 2.75) is 25.4 Å². The van der Waals surface area contributed by atoms with Crippen molar-refractivity contribution in [2.75, 3.05) is 56.3 Å². The summed E-state index contributed by atoms with van der Waals surface area (Å²) >= 11 is 0. The van der Waals surface area contributed by atoms with Gasteiger partial charge in [-0.1, -0.05) is 6.07 Å². The van der Waals surface area contributed by atoms with E-state index < -0.39 is 0 Å². The van der Waals surface area contributed by atoms with E-state index in [2.05, 4.69) is 37.6 Å². The van der Waals surface area contributed by atoms with Crippen molar-refractivity contribution in [1.29, 1.82) is 0 Å². The van der Waals surface area contributed by atoms with Gasteiger partial charge in [0.05, 0.1) is 20.3 Å². The first kappa shape index (κ1) is 21.2. The Balaban J connectivity index is 1.24. The van der Waals surface area contributed by atoms with Crippen LogP contribution in [-0.4, -0.2) is 63.6 Å². The number of amides is 2. The number of piperidine rings is 1. The topological polar surface area (TPSA) is 79.0 Å². The molecule has 1 aromatic carbocycles. The largest absolute Gasteiger partial charge is 0.497 e. The van der Waals surface area contributed by atoms with Crippen LogP contribution in [0.25, 0.3) is 0 Å². The van der Waals surface area contributed by atoms with Gasteiger partial charge in [0, 0.05) is 56.2 Å². The average molecular weight is 426 g/mol. The molecule has 2 aliphatic heterocycles. The van der Waals surface area contributed by atoms with Crippen LogP contribution >= 0.6 is 0 Å². The Hall–Kier alpha value is -3.00. The molecular weight excluding hydrogens is 394 g/mol. The summed E-state index contributed by atoms with van der Waals surface area (Å²) < 4.78 is 10.7. The summed E-state index contributed by atoms with van der Waals surface area (Å²) in [5.74, 6) is 1.79. The molecule has 8 heteroatoms. The highest BCUT2D eigenvalue weighted by Gasteiger charge is 2.21. The summed E-state index contributed by atoms with van der Waals surface area (Å²) in [5.41, 5.74) is 2.21. The molecule has 2 fully saturated rings. The molecule has 4 rings (SSSR count). The summed E-state index contributed by atoms with van der Waals surface area (Å²) in [6.45, 7) is 5.35. The Morgan fingerprint density at radius 1 is 1.10 bits per heavy atom. The summed E-state index contributed by atoms with van der Waals surface area (Å²) in [7, 11) is 1.68. The highest BCUT2D eigenvalue weighted by Crippen LogP contribution is 2.23. The number of methoxy groups -OCH3 is 1. The summed E-state index contributed by atoms with van der Waals surface area (Å²) in [4.78, 5) is 21.6. The van der Waals surface area contributed by atoms with Crippen LogP contribution in [0.1, 0.15) is 18.4 Å². The molecule has 2 N–H and O–H groups in total. The van der Waals surface area contributed by atoms with Crippen molar-refractivity contribution in [3.8, 4) is 5.75 Å². The van der Waals surface area contributed by atoms with Crippen molar-refractivity contribution in [3.05, 3.63) is 48.2 Å². The van der Waals surface area contributed by atoms with Crippen molar-refractivity contribution in [1.82, 2.24) is 15.6 Å². The van der Waals surface area contributed by atoms with E-state index in [0.29, 0.717) is 19.8 Å². The predicted molar refractivity (Wildman–Crippen MR) is 121 cm³/mol. The Bertz CT molecular complexity index is 847. The zero-order valence-corrected chi connectivity index (χ0v) is 18.0. The Kier molecular flexibility index (Phi) is 7.09. The fourth-order valence-corrected chi connectivity index (χ4v) is 4.12. The minimum atomic E-state index is -0.125. The van der Waals surface area contributed by atoms with Crippen LogP contribution in [0.15, 0.2) is 42.6 Å². The number of nitrogens with one attached hydrogen (secondary N) is 2. The van der Waals surface area contributed by atoms with Gasteiger partial charge >= 0.3 is 6.03 Å². The highest BCUT2D eigenvalue weighted by molar-refractivity contribution is 5.74. The van der Waals surface area contributed by atoms with E-state index in [1.807, 2.05) is 24.3 Å². The third-order valence-electron chi connectivity index (χ3n) is 5.89. The van der Waals surface area contributed by atoms with Gasteiger partial charge in [-0.15, -0.1) is 0 Å². The molecule has 0 spiro atoms. The number of morpholine rings is 1. The Morgan fingerprint density at radius 3 is 2.55 bits per heavy atom. The molecule has 1 aromatic heterocycles. The molecule has 31 heavy (non-hydrogen) atoms. The van der Waals surface area contributed by atoms with Crippen LogP contribution in [0.4, 0.5) is 16.3 Å². The number of anilines is 2. The zero-order chi connectivity index (χ0) is 21.5. The smallest absolute Gasteiger partial charge is 0.315 e. The molecule has 0 radical (unpaired) electrons. The second-order valence-corrected chi connectivity index (χ2v) is 7.87. The Labute approximate surface area is 183 Å². The van der Waals surface area contributed by atoms with Crippen LogP contribution < -0.4 is 25.2 Å². The van der Waals surface area contributed by atoms with Gasteiger partial charge in [-0.25, -0.2) is 9.78 Å². The van der Waals surface area contributed by atoms with Gasteiger partial charge < -0.3 is 29.9 Å². The maximum atomic E-state index is 12.5. The number of carbonyl (C=O) groups is 1. The molecular formula is C23H31N5O3. The number of benzene rings is 1. The van der Waals surface area contributed by atoms with Crippen molar-refractivity contribution >= 4 is 17.5 Å². The lowest BCUT2D eigenvalue weighted by Gasteiger charge is -2.34. The average Bonchev–Trinajstić information content (AvgIpc) is 2.84. The van der Waals surface area contributed by atoms with E-state index in [0.717, 1.165) is 56.2 Å². The van der Waals surface area contributed by atoms with Crippen molar-refractivity contribution in [3.63, 3.8) is 0 Å². The molecule has 2 aromatic rings. The minimum Gasteiger partial charge on any atom is -0.497 e. The normalized spacial score (nSPS) is 17.3. The summed E-state index contributed by atoms with van der Waals surface area (Å²) in [6.07, 6.45) is 3.64. The lowest BCUT2D eigenvalue weighted by atomic mass is 10.0. The van der Waals surface area contributed by atoms with E-state index in [1.165, 1.54) is 5.69 Å². The number of aromatic nitrogens is 1. The molecule has 0 atom stereocenters. The zero-order valence-electron chi connectivity index (χ0n) is 18.0. The molecule has 3 heterocycles. The number of rotatable bonds is 6. The lowest BCUT2D eigenvalue weighted by molar-refractivity contribution is 0.122. The number of nitrogens with zero attached hydrogens (tertiary/aromatic N) is 3. The van der Waals surface area contributed by atoms with Gasteiger partial charge in [0.15, 0.2) is 0 Å².